The summed E-state index contributed by atoms with van der Waals surface area (Å²) in [5.74, 6) is 2.75. The lowest BCUT2D eigenvalue weighted by Crippen LogP contribution is -3.08. The van der Waals surface area contributed by atoms with Crippen LogP contribution < -0.4 is 9.80 Å². The number of nitrogens with zero attached hydrogens (tertiary/aromatic N) is 4. The minimum absolute atomic E-state index is 0.185. The van der Waals surface area contributed by atoms with E-state index in [1.807, 2.05) is 37.1 Å². The van der Waals surface area contributed by atoms with Crippen molar-refractivity contribution in [2.24, 2.45) is 0 Å². The summed E-state index contributed by atoms with van der Waals surface area (Å²) in [4.78, 5) is 26.2. The van der Waals surface area contributed by atoms with Crippen molar-refractivity contribution in [3.8, 4) is 0 Å². The van der Waals surface area contributed by atoms with Gasteiger partial charge in [0.25, 0.3) is 5.91 Å². The highest BCUT2D eigenvalue weighted by atomic mass is 16.3. The van der Waals surface area contributed by atoms with E-state index in [-0.39, 0.29) is 5.91 Å². The van der Waals surface area contributed by atoms with Crippen LogP contribution in [0.5, 0.6) is 0 Å². The molecule has 1 aliphatic heterocycles. The Kier molecular flexibility index (Phi) is 5.10. The maximum atomic E-state index is 12.5. The summed E-state index contributed by atoms with van der Waals surface area (Å²) in [5, 5.41) is 0. The summed E-state index contributed by atoms with van der Waals surface area (Å²) in [5.41, 5.74) is 0. The summed E-state index contributed by atoms with van der Waals surface area (Å²) in [6, 6.07) is 5.74. The zero-order valence-electron chi connectivity index (χ0n) is 14.2. The van der Waals surface area contributed by atoms with Crippen LogP contribution in [0, 0.1) is 6.92 Å². The molecule has 0 aliphatic carbocycles. The van der Waals surface area contributed by atoms with Crippen molar-refractivity contribution in [1.29, 1.82) is 0 Å². The second-order valence-electron chi connectivity index (χ2n) is 6.24. The molecule has 0 radical (unpaired) electrons. The van der Waals surface area contributed by atoms with Crippen LogP contribution in [0.25, 0.3) is 0 Å². The zero-order valence-corrected chi connectivity index (χ0v) is 14.2. The molecule has 2 aromatic heterocycles. The average Bonchev–Trinajstić information content (AvgIpc) is 3.00. The van der Waals surface area contributed by atoms with Crippen molar-refractivity contribution in [2.45, 2.75) is 13.5 Å². The van der Waals surface area contributed by atoms with Crippen LogP contribution in [-0.4, -0.2) is 60.5 Å². The maximum Gasteiger partial charge on any atom is 0.277 e. The number of aryl methyl sites for hydroxylation is 1. The van der Waals surface area contributed by atoms with Crippen LogP contribution in [-0.2, 0) is 11.3 Å². The number of anilines is 1. The molecule has 1 aliphatic rings. The lowest BCUT2D eigenvalue weighted by Gasteiger charge is -2.34. The molecule has 0 saturated carbocycles. The molecule has 1 fully saturated rings. The minimum Gasteiger partial charge on any atom is -0.460 e. The highest BCUT2D eigenvalue weighted by molar-refractivity contribution is 5.77. The molecule has 1 unspecified atom stereocenters. The van der Waals surface area contributed by atoms with Crippen LogP contribution in [0.15, 0.2) is 35.0 Å². The van der Waals surface area contributed by atoms with E-state index in [2.05, 4.69) is 14.9 Å². The topological polar surface area (TPSA) is 66.9 Å². The Labute approximate surface area is 141 Å². The van der Waals surface area contributed by atoms with Crippen LogP contribution in [0.1, 0.15) is 11.5 Å². The fourth-order valence-electron chi connectivity index (χ4n) is 2.92. The minimum atomic E-state index is 0.185. The second-order valence-corrected chi connectivity index (χ2v) is 6.24. The molecule has 0 spiro atoms. The Morgan fingerprint density at radius 1 is 1.21 bits per heavy atom. The number of nitrogens with one attached hydrogen (secondary N) is 1. The SMILES string of the molecule is Cc1ccc(C[NH+](C)CC(=O)N2CCN(c3ncccn3)CC2)o1. The maximum absolute atomic E-state index is 12.5. The normalized spacial score (nSPS) is 16.2. The lowest BCUT2D eigenvalue weighted by atomic mass is 10.3. The average molecular weight is 330 g/mol. The van der Waals surface area contributed by atoms with Gasteiger partial charge < -0.3 is 19.1 Å². The van der Waals surface area contributed by atoms with Crippen molar-refractivity contribution >= 4 is 11.9 Å². The smallest absolute Gasteiger partial charge is 0.277 e. The lowest BCUT2D eigenvalue weighted by molar-refractivity contribution is -0.886. The number of hydrogen-bond acceptors (Lipinski definition) is 5. The van der Waals surface area contributed by atoms with E-state index in [1.165, 1.54) is 0 Å². The molecule has 128 valence electrons. The molecule has 3 rings (SSSR count). The summed E-state index contributed by atoms with van der Waals surface area (Å²) >= 11 is 0. The molecular weight excluding hydrogens is 306 g/mol. The summed E-state index contributed by atoms with van der Waals surface area (Å²) in [7, 11) is 2.02. The molecule has 3 heterocycles. The van der Waals surface area contributed by atoms with Crippen molar-refractivity contribution < 1.29 is 14.1 Å². The molecular formula is C17H24N5O2+. The number of likely N-dealkylation sites (N-methyl/N-ethyl adjacent to an activating group) is 1. The monoisotopic (exact) mass is 330 g/mol. The molecule has 7 nitrogen and oxygen atoms in total. The largest absolute Gasteiger partial charge is 0.460 e. The Hall–Kier alpha value is -2.41. The summed E-state index contributed by atoms with van der Waals surface area (Å²) in [6.07, 6.45) is 3.49. The first-order chi connectivity index (χ1) is 11.6. The van der Waals surface area contributed by atoms with Gasteiger partial charge in [0.1, 0.15) is 12.3 Å². The number of furan rings is 1. The van der Waals surface area contributed by atoms with Crippen molar-refractivity contribution in [3.05, 3.63) is 42.1 Å². The van der Waals surface area contributed by atoms with Gasteiger partial charge in [-0.2, -0.15) is 0 Å². The van der Waals surface area contributed by atoms with Gasteiger partial charge in [-0.15, -0.1) is 0 Å². The molecule has 1 saturated heterocycles. The third-order valence-corrected chi connectivity index (χ3v) is 4.19. The van der Waals surface area contributed by atoms with Gasteiger partial charge in [-0.1, -0.05) is 0 Å². The van der Waals surface area contributed by atoms with Crippen molar-refractivity contribution in [3.63, 3.8) is 0 Å². The first kappa shape index (κ1) is 16.4. The molecule has 1 atom stereocenters. The van der Waals surface area contributed by atoms with Gasteiger partial charge in [-0.3, -0.25) is 4.79 Å². The third kappa shape index (κ3) is 4.11. The fourth-order valence-corrected chi connectivity index (χ4v) is 2.92. The van der Waals surface area contributed by atoms with E-state index in [0.29, 0.717) is 19.6 Å². The second kappa shape index (κ2) is 7.44. The van der Waals surface area contributed by atoms with Gasteiger partial charge in [-0.05, 0) is 25.1 Å². The van der Waals surface area contributed by atoms with Gasteiger partial charge in [0.05, 0.1) is 7.05 Å². The summed E-state index contributed by atoms with van der Waals surface area (Å²) in [6.45, 7) is 6.09. The van der Waals surface area contributed by atoms with Gasteiger partial charge in [-0.25, -0.2) is 9.97 Å². The first-order valence-corrected chi connectivity index (χ1v) is 8.28. The third-order valence-electron chi connectivity index (χ3n) is 4.19. The number of amides is 1. The number of carbonyl (C=O) groups is 1. The Morgan fingerprint density at radius 3 is 2.54 bits per heavy atom. The predicted molar refractivity (Wildman–Crippen MR) is 89.7 cm³/mol. The van der Waals surface area contributed by atoms with Crippen molar-refractivity contribution in [2.75, 3.05) is 44.7 Å². The Balaban J connectivity index is 1.46. The molecule has 24 heavy (non-hydrogen) atoms. The zero-order chi connectivity index (χ0) is 16.9. The Bertz CT molecular complexity index is 665. The predicted octanol–water partition coefficient (Wildman–Crippen LogP) is -0.258. The van der Waals surface area contributed by atoms with Crippen LogP contribution >= 0.6 is 0 Å². The molecule has 0 bridgehead atoms. The van der Waals surface area contributed by atoms with Gasteiger partial charge in [0, 0.05) is 38.6 Å². The number of quaternary nitrogens is 1. The van der Waals surface area contributed by atoms with E-state index in [9.17, 15) is 4.79 Å². The molecule has 0 aromatic carbocycles. The van der Waals surface area contributed by atoms with E-state index >= 15 is 0 Å². The molecule has 7 heteroatoms. The van der Waals surface area contributed by atoms with E-state index in [0.717, 1.165) is 42.0 Å². The van der Waals surface area contributed by atoms with Gasteiger partial charge >= 0.3 is 0 Å². The number of rotatable bonds is 5. The van der Waals surface area contributed by atoms with Crippen LogP contribution in [0.3, 0.4) is 0 Å². The van der Waals surface area contributed by atoms with Gasteiger partial charge in [0.2, 0.25) is 5.95 Å². The van der Waals surface area contributed by atoms with E-state index in [4.69, 9.17) is 4.42 Å². The summed E-state index contributed by atoms with van der Waals surface area (Å²) < 4.78 is 5.58. The van der Waals surface area contributed by atoms with Crippen molar-refractivity contribution in [1.82, 2.24) is 14.9 Å². The highest BCUT2D eigenvalue weighted by Crippen LogP contribution is 2.09. The number of aromatic nitrogens is 2. The van der Waals surface area contributed by atoms with Crippen LogP contribution in [0.2, 0.25) is 0 Å². The number of carbonyl (C=O) groups excluding carboxylic acids is 1. The quantitative estimate of drug-likeness (QED) is 0.818. The standard InChI is InChI=1S/C17H23N5O2/c1-14-4-5-15(24-14)12-20(2)13-16(23)21-8-10-22(11-9-21)17-18-6-3-7-19-17/h3-7H,8-13H2,1-2H3/p+1. The molecule has 1 amide bonds. The molecule has 2 aromatic rings. The van der Waals surface area contributed by atoms with Crippen LogP contribution in [0.4, 0.5) is 5.95 Å². The number of piperazine rings is 1. The fraction of sp³-hybridized carbons (Fsp3) is 0.471. The number of hydrogen-bond donors (Lipinski definition) is 1. The Morgan fingerprint density at radius 2 is 1.92 bits per heavy atom. The first-order valence-electron chi connectivity index (χ1n) is 8.28. The molecule has 1 N–H and O–H groups in total. The van der Waals surface area contributed by atoms with Gasteiger partial charge in [0.15, 0.2) is 12.3 Å². The highest BCUT2D eigenvalue weighted by Gasteiger charge is 2.24. The van der Waals surface area contributed by atoms with E-state index < -0.39 is 0 Å². The van der Waals surface area contributed by atoms with E-state index in [1.54, 1.807) is 12.4 Å².